The molecule has 4 aromatic rings. The van der Waals surface area contributed by atoms with Crippen molar-refractivity contribution >= 4 is 17.4 Å². The Morgan fingerprint density at radius 1 is 0.968 bits per heavy atom. The minimum Gasteiger partial charge on any atom is -0.492 e. The van der Waals surface area contributed by atoms with Crippen molar-refractivity contribution in [1.29, 1.82) is 0 Å². The number of rotatable bonds is 7. The smallest absolute Gasteiger partial charge is 0.323 e. The Bertz CT molecular complexity index is 1140. The maximum absolute atomic E-state index is 12.3. The number of carbonyl (C=O) groups excluding carboxylic acids is 1. The molecule has 0 aliphatic carbocycles. The summed E-state index contributed by atoms with van der Waals surface area (Å²) in [6, 6.07) is 19.5. The van der Waals surface area contributed by atoms with Crippen molar-refractivity contribution < 1.29 is 14.3 Å². The third kappa shape index (κ3) is 5.18. The van der Waals surface area contributed by atoms with Crippen molar-refractivity contribution in [2.75, 3.05) is 17.2 Å². The summed E-state index contributed by atoms with van der Waals surface area (Å²) < 4.78 is 13.2. The largest absolute Gasteiger partial charge is 0.492 e. The second-order valence-electron chi connectivity index (χ2n) is 6.44. The quantitative estimate of drug-likeness (QED) is 0.438. The maximum Gasteiger partial charge on any atom is 0.323 e. The highest BCUT2D eigenvalue weighted by Crippen LogP contribution is 2.25. The fraction of sp³-hybridized carbons (Fsp3) is 0.0870. The number of nitrogens with zero attached hydrogens (tertiary/aromatic N) is 3. The Hall–Kier alpha value is -4.33. The summed E-state index contributed by atoms with van der Waals surface area (Å²) in [6.45, 7) is 2.41. The van der Waals surface area contributed by atoms with Crippen LogP contribution in [0.15, 0.2) is 85.5 Å². The van der Waals surface area contributed by atoms with Crippen LogP contribution in [0.5, 0.6) is 17.4 Å². The third-order valence-electron chi connectivity index (χ3n) is 4.27. The fourth-order valence-electron chi connectivity index (χ4n) is 2.88. The van der Waals surface area contributed by atoms with Crippen LogP contribution < -0.4 is 20.1 Å². The van der Waals surface area contributed by atoms with Crippen molar-refractivity contribution in [3.05, 3.63) is 85.5 Å². The van der Waals surface area contributed by atoms with Gasteiger partial charge in [0.1, 0.15) is 23.6 Å². The molecule has 156 valence electrons. The molecule has 0 saturated heterocycles. The van der Waals surface area contributed by atoms with E-state index in [0.29, 0.717) is 41.2 Å². The second kappa shape index (κ2) is 9.45. The molecular weight excluding hydrogens is 394 g/mol. The Kier molecular flexibility index (Phi) is 6.08. The van der Waals surface area contributed by atoms with E-state index >= 15 is 0 Å². The van der Waals surface area contributed by atoms with Crippen LogP contribution in [0, 0.1) is 0 Å². The molecule has 2 heterocycles. The summed E-state index contributed by atoms with van der Waals surface area (Å²) in [6.07, 6.45) is 5.24. The molecule has 0 atom stereocenters. The topological polar surface area (TPSA) is 90.3 Å². The summed E-state index contributed by atoms with van der Waals surface area (Å²) in [4.78, 5) is 20.7. The highest BCUT2D eigenvalue weighted by atomic mass is 16.5. The van der Waals surface area contributed by atoms with Crippen LogP contribution in [0.1, 0.15) is 6.92 Å². The first-order valence-corrected chi connectivity index (χ1v) is 9.74. The molecule has 2 aromatic heterocycles. The number of hydrogen-bond acceptors (Lipinski definition) is 5. The van der Waals surface area contributed by atoms with Crippen molar-refractivity contribution in [3.63, 3.8) is 0 Å². The maximum atomic E-state index is 12.3. The van der Waals surface area contributed by atoms with Crippen molar-refractivity contribution in [2.24, 2.45) is 0 Å². The number of carbonyl (C=O) groups is 1. The molecule has 2 N–H and O–H groups in total. The third-order valence-corrected chi connectivity index (χ3v) is 4.27. The zero-order valence-electron chi connectivity index (χ0n) is 16.9. The predicted octanol–water partition coefficient (Wildman–Crippen LogP) is 5.10. The van der Waals surface area contributed by atoms with Crippen LogP contribution in [0.2, 0.25) is 0 Å². The molecule has 4 rings (SSSR count). The minimum atomic E-state index is -0.368. The summed E-state index contributed by atoms with van der Waals surface area (Å²) in [5.41, 5.74) is 1.22. The average molecular weight is 415 g/mol. The Balaban J connectivity index is 1.38. The predicted molar refractivity (Wildman–Crippen MR) is 118 cm³/mol. The summed E-state index contributed by atoms with van der Waals surface area (Å²) in [5, 5.41) is 5.58. The molecule has 0 spiro atoms. The number of amides is 2. The normalized spacial score (nSPS) is 10.4. The standard InChI is InChI=1S/C23H21N5O3/c1-2-30-20-8-4-3-7-19(20)27-23(29)26-17-9-11-18(12-10-17)31-22-15-21(24-16-25-22)28-13-5-6-14-28/h3-16H,2H2,1H3,(H2,26,27,29). The molecule has 0 unspecified atom stereocenters. The van der Waals surface area contributed by atoms with E-state index in [1.807, 2.05) is 48.1 Å². The molecule has 0 aliphatic heterocycles. The van der Waals surface area contributed by atoms with Gasteiger partial charge in [0.25, 0.3) is 0 Å². The fourth-order valence-corrected chi connectivity index (χ4v) is 2.88. The Morgan fingerprint density at radius 2 is 1.74 bits per heavy atom. The zero-order valence-corrected chi connectivity index (χ0v) is 16.9. The van der Waals surface area contributed by atoms with E-state index in [0.717, 1.165) is 0 Å². The molecule has 0 saturated carbocycles. The first-order valence-electron chi connectivity index (χ1n) is 9.74. The van der Waals surface area contributed by atoms with Gasteiger partial charge in [-0.3, -0.25) is 0 Å². The first-order chi connectivity index (χ1) is 15.2. The number of hydrogen-bond donors (Lipinski definition) is 2. The molecule has 8 nitrogen and oxygen atoms in total. The van der Waals surface area contributed by atoms with E-state index in [4.69, 9.17) is 9.47 Å². The number of anilines is 2. The van der Waals surface area contributed by atoms with E-state index in [2.05, 4.69) is 20.6 Å². The summed E-state index contributed by atoms with van der Waals surface area (Å²) in [7, 11) is 0. The van der Waals surface area contributed by atoms with Crippen LogP contribution in [-0.4, -0.2) is 27.2 Å². The molecule has 0 fully saturated rings. The Labute approximate surface area is 179 Å². The van der Waals surface area contributed by atoms with Gasteiger partial charge in [-0.2, -0.15) is 0 Å². The van der Waals surface area contributed by atoms with Gasteiger partial charge in [-0.1, -0.05) is 12.1 Å². The van der Waals surface area contributed by atoms with Gasteiger partial charge >= 0.3 is 6.03 Å². The van der Waals surface area contributed by atoms with Crippen LogP contribution in [0.25, 0.3) is 5.82 Å². The van der Waals surface area contributed by atoms with Gasteiger partial charge in [0.15, 0.2) is 0 Å². The highest BCUT2D eigenvalue weighted by Gasteiger charge is 2.08. The number of urea groups is 1. The van der Waals surface area contributed by atoms with E-state index in [-0.39, 0.29) is 6.03 Å². The van der Waals surface area contributed by atoms with Crippen LogP contribution in [-0.2, 0) is 0 Å². The van der Waals surface area contributed by atoms with Gasteiger partial charge in [0, 0.05) is 24.1 Å². The number of para-hydroxylation sites is 2. The Morgan fingerprint density at radius 3 is 2.52 bits per heavy atom. The summed E-state index contributed by atoms with van der Waals surface area (Å²) in [5.74, 6) is 2.33. The lowest BCUT2D eigenvalue weighted by atomic mass is 10.3. The summed E-state index contributed by atoms with van der Waals surface area (Å²) >= 11 is 0. The first kappa shape index (κ1) is 20.0. The van der Waals surface area contributed by atoms with Gasteiger partial charge in [0.05, 0.1) is 12.3 Å². The van der Waals surface area contributed by atoms with Crippen molar-refractivity contribution in [1.82, 2.24) is 14.5 Å². The van der Waals surface area contributed by atoms with Gasteiger partial charge in [-0.05, 0) is 55.5 Å². The molecule has 2 aromatic carbocycles. The van der Waals surface area contributed by atoms with Gasteiger partial charge in [0.2, 0.25) is 5.88 Å². The van der Waals surface area contributed by atoms with E-state index in [1.165, 1.54) is 6.33 Å². The van der Waals surface area contributed by atoms with Crippen LogP contribution >= 0.6 is 0 Å². The molecule has 0 bridgehead atoms. The number of aromatic nitrogens is 3. The minimum absolute atomic E-state index is 0.368. The second-order valence-corrected chi connectivity index (χ2v) is 6.44. The van der Waals surface area contributed by atoms with Crippen LogP contribution in [0.3, 0.4) is 0 Å². The van der Waals surface area contributed by atoms with Crippen LogP contribution in [0.4, 0.5) is 16.2 Å². The molecule has 31 heavy (non-hydrogen) atoms. The number of benzene rings is 2. The lowest BCUT2D eigenvalue weighted by Gasteiger charge is -2.12. The molecule has 2 amide bonds. The van der Waals surface area contributed by atoms with E-state index in [1.54, 1.807) is 42.5 Å². The SMILES string of the molecule is CCOc1ccccc1NC(=O)Nc1ccc(Oc2cc(-n3cccc3)ncn2)cc1. The van der Waals surface area contributed by atoms with Gasteiger partial charge in [-0.15, -0.1) is 0 Å². The van der Waals surface area contributed by atoms with Gasteiger partial charge in [-0.25, -0.2) is 14.8 Å². The monoisotopic (exact) mass is 415 g/mol. The number of ether oxygens (including phenoxy) is 2. The molecule has 8 heteroatoms. The van der Waals surface area contributed by atoms with Crippen molar-refractivity contribution in [3.8, 4) is 23.2 Å². The zero-order chi connectivity index (χ0) is 21.5. The lowest BCUT2D eigenvalue weighted by molar-refractivity contribution is 0.262. The highest BCUT2D eigenvalue weighted by molar-refractivity contribution is 6.00. The number of nitrogens with one attached hydrogen (secondary N) is 2. The average Bonchev–Trinajstić information content (AvgIpc) is 3.32. The van der Waals surface area contributed by atoms with E-state index in [9.17, 15) is 4.79 Å². The molecule has 0 radical (unpaired) electrons. The molecular formula is C23H21N5O3. The van der Waals surface area contributed by atoms with E-state index < -0.39 is 0 Å². The lowest BCUT2D eigenvalue weighted by Crippen LogP contribution is -2.19. The van der Waals surface area contributed by atoms with Gasteiger partial charge < -0.3 is 24.7 Å². The molecule has 0 aliphatic rings. The van der Waals surface area contributed by atoms with Crippen molar-refractivity contribution in [2.45, 2.75) is 6.92 Å².